The van der Waals surface area contributed by atoms with Crippen LogP contribution in [0.25, 0.3) is 0 Å². The van der Waals surface area contributed by atoms with Crippen LogP contribution in [0.1, 0.15) is 56.4 Å². The van der Waals surface area contributed by atoms with Gasteiger partial charge in [0.15, 0.2) is 0 Å². The Kier molecular flexibility index (Phi) is 6.02. The Hall–Kier alpha value is -2.74. The number of ether oxygens (including phenoxy) is 2. The van der Waals surface area contributed by atoms with Crippen molar-refractivity contribution in [3.63, 3.8) is 0 Å². The van der Waals surface area contributed by atoms with Crippen LogP contribution in [0.4, 0.5) is 0 Å². The molecule has 0 bridgehead atoms. The van der Waals surface area contributed by atoms with Crippen molar-refractivity contribution in [2.24, 2.45) is 0 Å². The highest BCUT2D eigenvalue weighted by molar-refractivity contribution is 5.45. The molecule has 0 spiro atoms. The second-order valence-electron chi connectivity index (χ2n) is 8.35. The molecule has 0 heterocycles. The second-order valence-corrected chi connectivity index (χ2v) is 8.35. The molecule has 0 aliphatic rings. The summed E-state index contributed by atoms with van der Waals surface area (Å²) in [6.07, 6.45) is 1.03. The minimum atomic E-state index is -0.0759. The van der Waals surface area contributed by atoms with Gasteiger partial charge >= 0.3 is 0 Å². The molecule has 0 N–H and O–H groups in total. The summed E-state index contributed by atoms with van der Waals surface area (Å²) in [6, 6.07) is 25.9. The maximum Gasteiger partial charge on any atom is 0.118 e. The van der Waals surface area contributed by atoms with Crippen LogP contribution in [-0.4, -0.2) is 14.2 Å². The molecule has 3 rings (SSSR count). The monoisotopic (exact) mass is 388 g/mol. The lowest BCUT2D eigenvalue weighted by atomic mass is 9.72. The second kappa shape index (κ2) is 8.32. The standard InChI is InChI=1S/C27H32O2/c1-7-27(4,23-14-18-25(29-6)19-15-23)22-10-8-20(9-11-22)26(2,3)21-12-16-24(28-5)17-13-21/h8-19H,7H2,1-6H3. The van der Waals surface area contributed by atoms with Crippen LogP contribution in [0.3, 0.4) is 0 Å². The summed E-state index contributed by atoms with van der Waals surface area (Å²) in [5, 5.41) is 0. The SMILES string of the molecule is CCC(C)(c1ccc(OC)cc1)c1ccc(C(C)(C)c2ccc(OC)cc2)cc1. The van der Waals surface area contributed by atoms with Crippen LogP contribution >= 0.6 is 0 Å². The molecule has 1 unspecified atom stereocenters. The normalized spacial score (nSPS) is 13.6. The molecule has 3 aromatic carbocycles. The van der Waals surface area contributed by atoms with E-state index in [4.69, 9.17) is 9.47 Å². The molecule has 1 atom stereocenters. The van der Waals surface area contributed by atoms with Crippen LogP contribution in [0.15, 0.2) is 72.8 Å². The first kappa shape index (κ1) is 21.0. The highest BCUT2D eigenvalue weighted by Crippen LogP contribution is 2.38. The molecule has 0 aromatic heterocycles. The van der Waals surface area contributed by atoms with Crippen molar-refractivity contribution < 1.29 is 9.47 Å². The fraction of sp³-hybridized carbons (Fsp3) is 0.333. The van der Waals surface area contributed by atoms with Gasteiger partial charge in [-0.05, 0) is 52.9 Å². The Morgan fingerprint density at radius 3 is 1.21 bits per heavy atom. The molecule has 3 aromatic rings. The molecule has 0 fully saturated rings. The first-order valence-electron chi connectivity index (χ1n) is 10.2. The zero-order valence-corrected chi connectivity index (χ0v) is 18.5. The summed E-state index contributed by atoms with van der Waals surface area (Å²) in [7, 11) is 3.41. The van der Waals surface area contributed by atoms with E-state index in [0.717, 1.165) is 17.9 Å². The third kappa shape index (κ3) is 4.03. The zero-order chi connectivity index (χ0) is 21.1. The van der Waals surface area contributed by atoms with E-state index in [1.165, 1.54) is 22.3 Å². The van der Waals surface area contributed by atoms with Crippen molar-refractivity contribution >= 4 is 0 Å². The van der Waals surface area contributed by atoms with E-state index in [-0.39, 0.29) is 10.8 Å². The van der Waals surface area contributed by atoms with Crippen molar-refractivity contribution in [2.75, 3.05) is 14.2 Å². The average molecular weight is 389 g/mol. The van der Waals surface area contributed by atoms with Crippen molar-refractivity contribution in [2.45, 2.75) is 44.9 Å². The lowest BCUT2D eigenvalue weighted by Gasteiger charge is -2.32. The molecule has 0 aliphatic heterocycles. The molecule has 0 aliphatic carbocycles. The number of rotatable bonds is 7. The van der Waals surface area contributed by atoms with Gasteiger partial charge in [0, 0.05) is 10.8 Å². The lowest BCUT2D eigenvalue weighted by Crippen LogP contribution is -2.23. The van der Waals surface area contributed by atoms with E-state index < -0.39 is 0 Å². The van der Waals surface area contributed by atoms with Gasteiger partial charge in [0.2, 0.25) is 0 Å². The molecule has 0 saturated heterocycles. The number of benzene rings is 3. The fourth-order valence-corrected chi connectivity index (χ4v) is 3.96. The summed E-state index contributed by atoms with van der Waals surface area (Å²) in [5.41, 5.74) is 5.12. The Labute approximate surface area is 175 Å². The predicted octanol–water partition coefficient (Wildman–Crippen LogP) is 6.75. The van der Waals surface area contributed by atoms with Crippen LogP contribution in [-0.2, 0) is 10.8 Å². The Bertz CT molecular complexity index is 922. The minimum Gasteiger partial charge on any atom is -0.497 e. The highest BCUT2D eigenvalue weighted by atomic mass is 16.5. The Balaban J connectivity index is 1.92. The van der Waals surface area contributed by atoms with Crippen LogP contribution in [0.2, 0.25) is 0 Å². The quantitative estimate of drug-likeness (QED) is 0.446. The maximum atomic E-state index is 5.32. The average Bonchev–Trinajstić information content (AvgIpc) is 2.78. The van der Waals surface area contributed by atoms with E-state index >= 15 is 0 Å². The van der Waals surface area contributed by atoms with Crippen LogP contribution in [0, 0.1) is 0 Å². The number of methoxy groups -OCH3 is 2. The van der Waals surface area contributed by atoms with Crippen LogP contribution < -0.4 is 9.47 Å². The summed E-state index contributed by atoms with van der Waals surface area (Å²) in [4.78, 5) is 0. The van der Waals surface area contributed by atoms with Crippen molar-refractivity contribution in [3.05, 3.63) is 95.1 Å². The first-order chi connectivity index (χ1) is 13.8. The molecular formula is C27H32O2. The van der Waals surface area contributed by atoms with Gasteiger partial charge in [0.1, 0.15) is 11.5 Å². The van der Waals surface area contributed by atoms with Gasteiger partial charge in [-0.1, -0.05) is 76.2 Å². The van der Waals surface area contributed by atoms with Gasteiger partial charge in [0.05, 0.1) is 14.2 Å². The van der Waals surface area contributed by atoms with E-state index in [9.17, 15) is 0 Å². The molecule has 152 valence electrons. The summed E-state index contributed by atoms with van der Waals surface area (Å²) >= 11 is 0. The van der Waals surface area contributed by atoms with Gasteiger partial charge in [-0.2, -0.15) is 0 Å². The first-order valence-corrected chi connectivity index (χ1v) is 10.2. The van der Waals surface area contributed by atoms with Crippen LogP contribution in [0.5, 0.6) is 11.5 Å². The third-order valence-electron chi connectivity index (χ3n) is 6.49. The molecule has 29 heavy (non-hydrogen) atoms. The van der Waals surface area contributed by atoms with Gasteiger partial charge in [-0.15, -0.1) is 0 Å². The van der Waals surface area contributed by atoms with E-state index in [2.05, 4.69) is 76.2 Å². The Morgan fingerprint density at radius 1 is 0.552 bits per heavy atom. The summed E-state index contributed by atoms with van der Waals surface area (Å²) < 4.78 is 10.6. The smallest absolute Gasteiger partial charge is 0.118 e. The number of hydrogen-bond acceptors (Lipinski definition) is 2. The largest absolute Gasteiger partial charge is 0.497 e. The minimum absolute atomic E-state index is 0.0327. The van der Waals surface area contributed by atoms with Crippen molar-refractivity contribution in [3.8, 4) is 11.5 Å². The Morgan fingerprint density at radius 2 is 0.862 bits per heavy atom. The third-order valence-corrected chi connectivity index (χ3v) is 6.49. The van der Waals surface area contributed by atoms with Gasteiger partial charge in [0.25, 0.3) is 0 Å². The summed E-state index contributed by atoms with van der Waals surface area (Å²) in [6.45, 7) is 9.11. The van der Waals surface area contributed by atoms with Crippen molar-refractivity contribution in [1.29, 1.82) is 0 Å². The molecule has 0 saturated carbocycles. The predicted molar refractivity (Wildman–Crippen MR) is 121 cm³/mol. The van der Waals surface area contributed by atoms with Gasteiger partial charge < -0.3 is 9.47 Å². The maximum absolute atomic E-state index is 5.32. The van der Waals surface area contributed by atoms with E-state index in [1.807, 2.05) is 24.3 Å². The van der Waals surface area contributed by atoms with E-state index in [1.54, 1.807) is 14.2 Å². The molecule has 0 radical (unpaired) electrons. The molecule has 0 amide bonds. The number of hydrogen-bond donors (Lipinski definition) is 0. The van der Waals surface area contributed by atoms with Crippen molar-refractivity contribution in [1.82, 2.24) is 0 Å². The molecular weight excluding hydrogens is 356 g/mol. The zero-order valence-electron chi connectivity index (χ0n) is 18.5. The molecule has 2 nitrogen and oxygen atoms in total. The van der Waals surface area contributed by atoms with E-state index in [0.29, 0.717) is 0 Å². The van der Waals surface area contributed by atoms with Gasteiger partial charge in [-0.25, -0.2) is 0 Å². The highest BCUT2D eigenvalue weighted by Gasteiger charge is 2.28. The van der Waals surface area contributed by atoms with Gasteiger partial charge in [-0.3, -0.25) is 0 Å². The summed E-state index contributed by atoms with van der Waals surface area (Å²) in [5.74, 6) is 1.78. The lowest BCUT2D eigenvalue weighted by molar-refractivity contribution is 0.414. The fourth-order valence-electron chi connectivity index (χ4n) is 3.96. The molecule has 2 heteroatoms. The topological polar surface area (TPSA) is 18.5 Å².